The van der Waals surface area contributed by atoms with E-state index in [1.54, 1.807) is 0 Å². The fraction of sp³-hybridized carbons (Fsp3) is 0.900. The van der Waals surface area contributed by atoms with E-state index in [4.69, 9.17) is 9.47 Å². The van der Waals surface area contributed by atoms with E-state index in [0.717, 1.165) is 19.3 Å². The molecule has 3 aliphatic carbocycles. The maximum Gasteiger partial charge on any atom is 0.311 e. The lowest BCUT2D eigenvalue weighted by atomic mass is 9.80. The molecule has 24 heavy (non-hydrogen) atoms. The summed E-state index contributed by atoms with van der Waals surface area (Å²) in [6, 6.07) is 0. The van der Waals surface area contributed by atoms with Gasteiger partial charge in [0.2, 0.25) is 0 Å². The van der Waals surface area contributed by atoms with Crippen LogP contribution in [-0.2, 0) is 19.1 Å². The molecule has 136 valence electrons. The van der Waals surface area contributed by atoms with Crippen LogP contribution in [0.4, 0.5) is 0 Å². The SMILES string of the molecule is CC(C)(C)OC(=O)C1CC2C3CC(OC(=O)C(C)(C)C)C(C3)C2C1. The monoisotopic (exact) mass is 336 g/mol. The number of ether oxygens (including phenoxy) is 2. The first-order chi connectivity index (χ1) is 11.0. The minimum atomic E-state index is -0.448. The summed E-state index contributed by atoms with van der Waals surface area (Å²) in [6.07, 6.45) is 4.07. The van der Waals surface area contributed by atoms with Gasteiger partial charge in [0.15, 0.2) is 0 Å². The molecule has 4 nitrogen and oxygen atoms in total. The maximum absolute atomic E-state index is 12.4. The van der Waals surface area contributed by atoms with Crippen LogP contribution >= 0.6 is 0 Å². The third kappa shape index (κ3) is 3.34. The van der Waals surface area contributed by atoms with Crippen molar-refractivity contribution in [1.29, 1.82) is 0 Å². The van der Waals surface area contributed by atoms with Crippen LogP contribution in [0.15, 0.2) is 0 Å². The van der Waals surface area contributed by atoms with Crippen molar-refractivity contribution >= 4 is 11.9 Å². The Hall–Kier alpha value is -1.06. The first-order valence-electron chi connectivity index (χ1n) is 9.39. The number of esters is 2. The third-order valence-corrected chi connectivity index (χ3v) is 6.02. The normalized spacial score (nSPS) is 38.1. The molecular formula is C20H32O4. The molecule has 0 aromatic carbocycles. The van der Waals surface area contributed by atoms with Gasteiger partial charge >= 0.3 is 11.9 Å². The predicted octanol–water partition coefficient (Wildman–Crippen LogP) is 3.97. The van der Waals surface area contributed by atoms with Crippen LogP contribution in [0.3, 0.4) is 0 Å². The van der Waals surface area contributed by atoms with Crippen molar-refractivity contribution in [2.75, 3.05) is 0 Å². The summed E-state index contributed by atoms with van der Waals surface area (Å²) >= 11 is 0. The Balaban J connectivity index is 1.61. The summed E-state index contributed by atoms with van der Waals surface area (Å²) in [6.45, 7) is 11.5. The van der Waals surface area contributed by atoms with Gasteiger partial charge in [0.05, 0.1) is 11.3 Å². The number of hydrogen-bond donors (Lipinski definition) is 0. The van der Waals surface area contributed by atoms with Crippen LogP contribution in [0.2, 0.25) is 0 Å². The van der Waals surface area contributed by atoms with E-state index in [1.165, 1.54) is 6.42 Å². The molecule has 0 saturated heterocycles. The van der Waals surface area contributed by atoms with Gasteiger partial charge in [-0.3, -0.25) is 9.59 Å². The van der Waals surface area contributed by atoms with Gasteiger partial charge in [0.1, 0.15) is 11.7 Å². The number of hydrogen-bond acceptors (Lipinski definition) is 4. The van der Waals surface area contributed by atoms with Gasteiger partial charge in [-0.2, -0.15) is 0 Å². The van der Waals surface area contributed by atoms with E-state index in [-0.39, 0.29) is 24.0 Å². The van der Waals surface area contributed by atoms with Crippen molar-refractivity contribution < 1.29 is 19.1 Å². The van der Waals surface area contributed by atoms with Crippen molar-refractivity contribution in [1.82, 2.24) is 0 Å². The molecule has 3 aliphatic rings. The minimum absolute atomic E-state index is 0.0293. The molecule has 0 spiro atoms. The highest BCUT2D eigenvalue weighted by Gasteiger charge is 2.58. The maximum atomic E-state index is 12.4. The van der Waals surface area contributed by atoms with Crippen LogP contribution in [0.1, 0.15) is 67.2 Å². The second kappa shape index (κ2) is 5.74. The van der Waals surface area contributed by atoms with Crippen molar-refractivity contribution in [2.24, 2.45) is 35.0 Å². The summed E-state index contributed by atoms with van der Waals surface area (Å²) in [7, 11) is 0. The van der Waals surface area contributed by atoms with E-state index in [0.29, 0.717) is 23.7 Å². The number of fused-ring (bicyclic) bond motifs is 5. The average molecular weight is 336 g/mol. The lowest BCUT2D eigenvalue weighted by molar-refractivity contribution is -0.163. The molecule has 0 radical (unpaired) electrons. The number of rotatable bonds is 2. The molecule has 6 unspecified atom stereocenters. The van der Waals surface area contributed by atoms with E-state index in [1.807, 2.05) is 41.5 Å². The first kappa shape index (κ1) is 17.8. The molecule has 0 aromatic rings. The lowest BCUT2D eigenvalue weighted by Crippen LogP contribution is -2.35. The third-order valence-electron chi connectivity index (χ3n) is 6.02. The van der Waals surface area contributed by atoms with E-state index in [9.17, 15) is 9.59 Å². The molecule has 3 rings (SSSR count). The van der Waals surface area contributed by atoms with Crippen molar-refractivity contribution in [3.8, 4) is 0 Å². The Kier molecular flexibility index (Phi) is 4.25. The molecule has 0 aromatic heterocycles. The van der Waals surface area contributed by atoms with Gasteiger partial charge in [0.25, 0.3) is 0 Å². The zero-order valence-electron chi connectivity index (χ0n) is 15.9. The van der Waals surface area contributed by atoms with E-state index in [2.05, 4.69) is 0 Å². The fourth-order valence-corrected chi connectivity index (χ4v) is 5.04. The molecular weight excluding hydrogens is 304 g/mol. The molecule has 0 heterocycles. The highest BCUT2D eigenvalue weighted by atomic mass is 16.6. The van der Waals surface area contributed by atoms with E-state index >= 15 is 0 Å². The number of carbonyl (C=O) groups excluding carboxylic acids is 2. The molecule has 3 fully saturated rings. The second-order valence-electron chi connectivity index (χ2n) is 10.1. The van der Waals surface area contributed by atoms with Gasteiger partial charge < -0.3 is 9.47 Å². The summed E-state index contributed by atoms with van der Waals surface area (Å²) < 4.78 is 11.4. The largest absolute Gasteiger partial charge is 0.462 e. The van der Waals surface area contributed by atoms with Gasteiger partial charge in [0, 0.05) is 0 Å². The van der Waals surface area contributed by atoms with Crippen molar-refractivity contribution in [2.45, 2.75) is 78.9 Å². The summed E-state index contributed by atoms with van der Waals surface area (Å²) in [4.78, 5) is 24.6. The quantitative estimate of drug-likeness (QED) is 0.716. The smallest absolute Gasteiger partial charge is 0.311 e. The molecule has 2 bridgehead atoms. The number of carbonyl (C=O) groups is 2. The van der Waals surface area contributed by atoms with Crippen LogP contribution < -0.4 is 0 Å². The Morgan fingerprint density at radius 2 is 1.46 bits per heavy atom. The van der Waals surface area contributed by atoms with Gasteiger partial charge in [-0.15, -0.1) is 0 Å². The minimum Gasteiger partial charge on any atom is -0.462 e. The van der Waals surface area contributed by atoms with Crippen LogP contribution in [0.5, 0.6) is 0 Å². The highest BCUT2D eigenvalue weighted by molar-refractivity contribution is 5.75. The molecule has 0 aliphatic heterocycles. The predicted molar refractivity (Wildman–Crippen MR) is 91.1 cm³/mol. The van der Waals surface area contributed by atoms with Gasteiger partial charge in [-0.1, -0.05) is 0 Å². The van der Waals surface area contributed by atoms with Crippen molar-refractivity contribution in [3.05, 3.63) is 0 Å². The Labute approximate surface area is 145 Å². The van der Waals surface area contributed by atoms with Gasteiger partial charge in [-0.05, 0) is 90.9 Å². The first-order valence-corrected chi connectivity index (χ1v) is 9.39. The summed E-state index contributed by atoms with van der Waals surface area (Å²) in [5, 5.41) is 0. The molecule has 0 N–H and O–H groups in total. The topological polar surface area (TPSA) is 52.6 Å². The molecule has 3 saturated carbocycles. The lowest BCUT2D eigenvalue weighted by Gasteiger charge is -2.32. The fourth-order valence-electron chi connectivity index (χ4n) is 5.04. The molecule has 6 atom stereocenters. The van der Waals surface area contributed by atoms with Crippen LogP contribution in [0.25, 0.3) is 0 Å². The molecule has 0 amide bonds. The Bertz CT molecular complexity index is 525. The average Bonchev–Trinajstić information content (AvgIpc) is 3.04. The standard InChI is InChI=1S/C20H32O4/c1-19(2,3)18(22)23-16-10-11-7-15(16)14-9-12(8-13(11)14)17(21)24-20(4,5)6/h11-16H,7-10H2,1-6H3. The Morgan fingerprint density at radius 1 is 0.833 bits per heavy atom. The zero-order valence-corrected chi connectivity index (χ0v) is 15.9. The van der Waals surface area contributed by atoms with Crippen LogP contribution in [-0.4, -0.2) is 23.6 Å². The van der Waals surface area contributed by atoms with Gasteiger partial charge in [-0.25, -0.2) is 0 Å². The summed E-state index contributed by atoms with van der Waals surface area (Å²) in [5.41, 5.74) is -0.867. The second-order valence-corrected chi connectivity index (χ2v) is 10.1. The highest BCUT2D eigenvalue weighted by Crippen LogP contribution is 2.61. The van der Waals surface area contributed by atoms with Crippen LogP contribution in [0, 0.1) is 35.0 Å². The summed E-state index contributed by atoms with van der Waals surface area (Å²) in [5.74, 6) is 2.10. The zero-order chi connectivity index (χ0) is 17.9. The molecule has 4 heteroatoms. The van der Waals surface area contributed by atoms with E-state index < -0.39 is 11.0 Å². The Morgan fingerprint density at radius 3 is 2.04 bits per heavy atom. The van der Waals surface area contributed by atoms with Crippen molar-refractivity contribution in [3.63, 3.8) is 0 Å².